The van der Waals surface area contributed by atoms with E-state index in [1.165, 1.54) is 26.2 Å². The molecule has 0 rings (SSSR count). The Morgan fingerprint density at radius 3 is 2.00 bits per heavy atom. The molecule has 0 bridgehead atoms. The zero-order chi connectivity index (χ0) is 23.0. The molecule has 1 N–H and O–H groups in total. The summed E-state index contributed by atoms with van der Waals surface area (Å²) in [7, 11) is -3.66. The molecule has 0 aliphatic rings. The van der Waals surface area contributed by atoms with Gasteiger partial charge in [0, 0.05) is 12.8 Å². The fourth-order valence-electron chi connectivity index (χ4n) is 2.92. The van der Waals surface area contributed by atoms with E-state index in [4.69, 9.17) is 13.8 Å². The number of carbonyl (C=O) groups is 3. The molecule has 0 aromatic heterocycles. The van der Waals surface area contributed by atoms with Crippen molar-refractivity contribution in [2.24, 2.45) is 0 Å². The summed E-state index contributed by atoms with van der Waals surface area (Å²) in [6.45, 7) is 8.49. The molecular formula is C21H40NO7P. The molecule has 0 saturated carbocycles. The third-order valence-corrected chi connectivity index (χ3v) is 6.80. The molecule has 1 atom stereocenters. The number of carbonyl (C=O) groups excluding carboxylic acids is 3. The summed E-state index contributed by atoms with van der Waals surface area (Å²) in [6.07, 6.45) is 6.41. The molecule has 8 nitrogen and oxygen atoms in total. The van der Waals surface area contributed by atoms with Gasteiger partial charge < -0.3 is 19.1 Å². The van der Waals surface area contributed by atoms with Gasteiger partial charge in [0.15, 0.2) is 11.4 Å². The molecule has 0 fully saturated rings. The van der Waals surface area contributed by atoms with Gasteiger partial charge >= 0.3 is 13.6 Å². The summed E-state index contributed by atoms with van der Waals surface area (Å²) < 4.78 is 28.7. The molecule has 0 aromatic carbocycles. The van der Waals surface area contributed by atoms with Crippen LogP contribution in [0.2, 0.25) is 0 Å². The second-order valence-corrected chi connectivity index (χ2v) is 9.46. The fourth-order valence-corrected chi connectivity index (χ4v) is 4.91. The molecule has 9 heteroatoms. The Morgan fingerprint density at radius 2 is 1.47 bits per heavy atom. The van der Waals surface area contributed by atoms with Crippen molar-refractivity contribution < 1.29 is 32.7 Å². The number of unbranched alkanes of at least 4 members (excludes halogenated alkanes) is 5. The maximum atomic E-state index is 12.9. The Morgan fingerprint density at radius 1 is 0.900 bits per heavy atom. The van der Waals surface area contributed by atoms with Gasteiger partial charge in [-0.05, 0) is 27.2 Å². The average Bonchev–Trinajstić information content (AvgIpc) is 2.68. The zero-order valence-corrected chi connectivity index (χ0v) is 20.2. The number of rotatable bonds is 18. The van der Waals surface area contributed by atoms with Crippen LogP contribution < -0.4 is 5.32 Å². The normalized spacial score (nSPS) is 13.5. The van der Waals surface area contributed by atoms with Crippen molar-refractivity contribution in [1.29, 1.82) is 0 Å². The maximum Gasteiger partial charge on any atom is 0.335 e. The zero-order valence-electron chi connectivity index (χ0n) is 19.3. The van der Waals surface area contributed by atoms with Gasteiger partial charge in [-0.25, -0.2) is 0 Å². The Labute approximate surface area is 181 Å². The van der Waals surface area contributed by atoms with Gasteiger partial charge in [-0.15, -0.1) is 0 Å². The first-order chi connectivity index (χ1) is 14.2. The number of hydrogen-bond donors (Lipinski definition) is 1. The summed E-state index contributed by atoms with van der Waals surface area (Å²) in [4.78, 5) is 36.8. The van der Waals surface area contributed by atoms with E-state index in [0.717, 1.165) is 19.3 Å². The quantitative estimate of drug-likeness (QED) is 0.188. The van der Waals surface area contributed by atoms with Gasteiger partial charge in [-0.1, -0.05) is 46.0 Å². The van der Waals surface area contributed by atoms with Crippen molar-refractivity contribution >= 4 is 25.3 Å². The lowest BCUT2D eigenvalue weighted by atomic mass is 10.1. The fraction of sp³-hybridized carbons (Fsp3) is 0.857. The molecule has 0 aliphatic carbocycles. The van der Waals surface area contributed by atoms with Crippen molar-refractivity contribution in [1.82, 2.24) is 5.32 Å². The smallest absolute Gasteiger partial charge is 0.335 e. The van der Waals surface area contributed by atoms with Crippen LogP contribution in [0.15, 0.2) is 0 Å². The van der Waals surface area contributed by atoms with E-state index in [1.807, 2.05) is 0 Å². The molecule has 0 radical (unpaired) electrons. The third-order valence-electron chi connectivity index (χ3n) is 4.51. The third kappa shape index (κ3) is 11.8. The number of amides is 1. The van der Waals surface area contributed by atoms with Crippen molar-refractivity contribution in [3.05, 3.63) is 0 Å². The van der Waals surface area contributed by atoms with Crippen LogP contribution in [0.5, 0.6) is 0 Å². The van der Waals surface area contributed by atoms with Crippen molar-refractivity contribution in [2.75, 3.05) is 25.9 Å². The molecule has 0 spiro atoms. The van der Waals surface area contributed by atoms with Crippen LogP contribution >= 0.6 is 7.60 Å². The summed E-state index contributed by atoms with van der Waals surface area (Å²) in [5.41, 5.74) is -1.77. The second-order valence-electron chi connectivity index (χ2n) is 7.40. The number of ether oxygens (including phenoxy) is 1. The van der Waals surface area contributed by atoms with E-state index in [9.17, 15) is 18.9 Å². The highest BCUT2D eigenvalue weighted by Crippen LogP contribution is 2.51. The first-order valence-corrected chi connectivity index (χ1v) is 12.8. The van der Waals surface area contributed by atoms with Gasteiger partial charge in [0.2, 0.25) is 0 Å². The standard InChI is InChI=1S/C21H40NO7P/c1-6-10-11-12-13-14-15-18(23)16-22-20(25)21(5,29-19(24)7-2)17-30(26,27-8-3)28-9-4/h6-17H2,1-5H3,(H,22,25). The maximum absolute atomic E-state index is 12.9. The lowest BCUT2D eigenvalue weighted by Gasteiger charge is -2.31. The van der Waals surface area contributed by atoms with Crippen LogP contribution in [-0.4, -0.2) is 49.2 Å². The topological polar surface area (TPSA) is 108 Å². The summed E-state index contributed by atoms with van der Waals surface area (Å²) >= 11 is 0. The molecular weight excluding hydrogens is 409 g/mol. The van der Waals surface area contributed by atoms with E-state index >= 15 is 0 Å². The highest BCUT2D eigenvalue weighted by Gasteiger charge is 2.45. The van der Waals surface area contributed by atoms with Crippen LogP contribution in [0.25, 0.3) is 0 Å². The van der Waals surface area contributed by atoms with Gasteiger partial charge in [0.25, 0.3) is 5.91 Å². The van der Waals surface area contributed by atoms with E-state index < -0.39 is 31.2 Å². The predicted octanol–water partition coefficient (Wildman–Crippen LogP) is 4.40. The lowest BCUT2D eigenvalue weighted by Crippen LogP contribution is -2.51. The number of Topliss-reactive ketones (excluding diaryl/α,β-unsaturated/α-hetero) is 1. The van der Waals surface area contributed by atoms with Gasteiger partial charge in [-0.2, -0.15) is 0 Å². The summed E-state index contributed by atoms with van der Waals surface area (Å²) in [5, 5.41) is 2.52. The molecule has 0 aromatic rings. The van der Waals surface area contributed by atoms with Crippen LogP contribution in [0.1, 0.15) is 86.0 Å². The number of hydrogen-bond acceptors (Lipinski definition) is 7. The number of ketones is 1. The highest BCUT2D eigenvalue weighted by atomic mass is 31.2. The van der Waals surface area contributed by atoms with Gasteiger partial charge in [-0.3, -0.25) is 18.9 Å². The molecule has 0 aliphatic heterocycles. The van der Waals surface area contributed by atoms with E-state index in [1.54, 1.807) is 20.8 Å². The second kappa shape index (κ2) is 15.5. The molecule has 176 valence electrons. The summed E-state index contributed by atoms with van der Waals surface area (Å²) in [6, 6.07) is 0. The van der Waals surface area contributed by atoms with Crippen molar-refractivity contribution in [2.45, 2.75) is 91.6 Å². The van der Waals surface area contributed by atoms with Crippen molar-refractivity contribution in [3.63, 3.8) is 0 Å². The first-order valence-electron chi connectivity index (χ1n) is 11.1. The van der Waals surface area contributed by atoms with Crippen LogP contribution in [0.4, 0.5) is 0 Å². The molecule has 1 amide bonds. The van der Waals surface area contributed by atoms with Crippen LogP contribution in [0, 0.1) is 0 Å². The Balaban J connectivity index is 4.91. The Hall–Kier alpha value is -1.24. The minimum absolute atomic E-state index is 0.0490. The van der Waals surface area contributed by atoms with E-state index in [0.29, 0.717) is 6.42 Å². The molecule has 0 saturated heterocycles. The molecule has 1 unspecified atom stereocenters. The Kier molecular flexibility index (Phi) is 14.9. The van der Waals surface area contributed by atoms with Crippen LogP contribution in [0.3, 0.4) is 0 Å². The van der Waals surface area contributed by atoms with Crippen molar-refractivity contribution in [3.8, 4) is 0 Å². The molecule has 30 heavy (non-hydrogen) atoms. The lowest BCUT2D eigenvalue weighted by molar-refractivity contribution is -0.164. The SMILES string of the molecule is CCCCCCCCC(=O)CNC(=O)C(C)(CP(=O)(OCC)OCC)OC(=O)CC. The van der Waals surface area contributed by atoms with Crippen LogP contribution in [-0.2, 0) is 32.7 Å². The number of nitrogens with one attached hydrogen (secondary N) is 1. The number of esters is 1. The molecule has 0 heterocycles. The average molecular weight is 450 g/mol. The minimum atomic E-state index is -3.66. The van der Waals surface area contributed by atoms with Gasteiger partial charge in [0.1, 0.15) is 0 Å². The van der Waals surface area contributed by atoms with E-state index in [2.05, 4.69) is 12.2 Å². The first kappa shape index (κ1) is 28.8. The highest BCUT2D eigenvalue weighted by molar-refractivity contribution is 7.54. The Bertz CT molecular complexity index is 572. The predicted molar refractivity (Wildman–Crippen MR) is 117 cm³/mol. The largest absolute Gasteiger partial charge is 0.449 e. The minimum Gasteiger partial charge on any atom is -0.449 e. The van der Waals surface area contributed by atoms with Gasteiger partial charge in [0.05, 0.1) is 25.9 Å². The van der Waals surface area contributed by atoms with E-state index in [-0.39, 0.29) is 32.0 Å². The monoisotopic (exact) mass is 449 g/mol. The summed E-state index contributed by atoms with van der Waals surface area (Å²) in [5.74, 6) is -1.41.